The summed E-state index contributed by atoms with van der Waals surface area (Å²) in [7, 11) is 2.27. The molecule has 0 fully saturated rings. The fraction of sp³-hybridized carbons (Fsp3) is 0.667. The molecule has 14 heavy (non-hydrogen) atoms. The molecule has 0 aromatic carbocycles. The van der Waals surface area contributed by atoms with E-state index in [1.54, 1.807) is 0 Å². The highest BCUT2D eigenvalue weighted by molar-refractivity contribution is 8.76. The van der Waals surface area contributed by atoms with Crippen molar-refractivity contribution in [3.8, 4) is 0 Å². The number of carbonyl (C=O) groups is 2. The summed E-state index contributed by atoms with van der Waals surface area (Å²) in [5, 5.41) is 20.3. The molecule has 0 saturated carbocycles. The van der Waals surface area contributed by atoms with Gasteiger partial charge >= 0.3 is 0 Å². The molecule has 0 bridgehead atoms. The Labute approximate surface area is 88.8 Å². The largest absolute Gasteiger partial charge is 0.548 e. The highest BCUT2D eigenvalue weighted by Crippen LogP contribution is 2.21. The topological polar surface area (TPSA) is 132 Å². The average molecular weight is 238 g/mol. The maximum atomic E-state index is 10.1. The smallest absolute Gasteiger partial charge is 0.0590 e. The summed E-state index contributed by atoms with van der Waals surface area (Å²) in [6, 6.07) is -2.10. The van der Waals surface area contributed by atoms with Crippen LogP contribution >= 0.6 is 21.6 Å². The van der Waals surface area contributed by atoms with Gasteiger partial charge in [-0.1, -0.05) is 21.6 Å². The van der Waals surface area contributed by atoms with Crippen LogP contribution in [-0.2, 0) is 9.59 Å². The SMILES string of the molecule is N[C@@H](CSSC[C@H](N)C(=O)[O-])C(=O)[O-]. The number of nitrogens with two attached hydrogens (primary N) is 2. The number of aliphatic carboxylic acids is 2. The number of carboxylic acid groups (broad SMARTS) is 2. The lowest BCUT2D eigenvalue weighted by atomic mass is 10.4. The van der Waals surface area contributed by atoms with Crippen molar-refractivity contribution >= 4 is 33.5 Å². The van der Waals surface area contributed by atoms with E-state index in [1.165, 1.54) is 0 Å². The van der Waals surface area contributed by atoms with Gasteiger partial charge in [0.05, 0.1) is 24.0 Å². The van der Waals surface area contributed by atoms with Crippen LogP contribution in [0.4, 0.5) is 0 Å². The third kappa shape index (κ3) is 6.08. The van der Waals surface area contributed by atoms with Gasteiger partial charge in [0, 0.05) is 11.5 Å². The van der Waals surface area contributed by atoms with Crippen molar-refractivity contribution in [1.29, 1.82) is 0 Å². The predicted octanol–water partition coefficient (Wildman–Crippen LogP) is -3.48. The van der Waals surface area contributed by atoms with Gasteiger partial charge in [0.15, 0.2) is 0 Å². The van der Waals surface area contributed by atoms with E-state index in [-0.39, 0.29) is 11.5 Å². The quantitative estimate of drug-likeness (QED) is 0.345. The van der Waals surface area contributed by atoms with Crippen LogP contribution in [0.25, 0.3) is 0 Å². The number of carbonyl (C=O) groups excluding carboxylic acids is 2. The lowest BCUT2D eigenvalue weighted by molar-refractivity contribution is -0.308. The molecule has 0 aliphatic heterocycles. The molecule has 8 heteroatoms. The van der Waals surface area contributed by atoms with Crippen molar-refractivity contribution in [1.82, 2.24) is 0 Å². The van der Waals surface area contributed by atoms with E-state index >= 15 is 0 Å². The molecule has 0 unspecified atom stereocenters. The highest BCUT2D eigenvalue weighted by Gasteiger charge is 2.06. The molecule has 0 heterocycles. The maximum Gasteiger partial charge on any atom is 0.0590 e. The highest BCUT2D eigenvalue weighted by atomic mass is 33.1. The van der Waals surface area contributed by atoms with E-state index in [0.717, 1.165) is 21.6 Å². The van der Waals surface area contributed by atoms with Gasteiger partial charge in [-0.15, -0.1) is 0 Å². The van der Waals surface area contributed by atoms with Crippen LogP contribution < -0.4 is 21.7 Å². The second-order valence-corrected chi connectivity index (χ2v) is 4.97. The van der Waals surface area contributed by atoms with Crippen molar-refractivity contribution in [3.63, 3.8) is 0 Å². The molecule has 0 aliphatic carbocycles. The summed E-state index contributed by atoms with van der Waals surface area (Å²) in [4.78, 5) is 20.3. The Balaban J connectivity index is 3.47. The number of rotatable bonds is 7. The molecular weight excluding hydrogens is 228 g/mol. The monoisotopic (exact) mass is 238 g/mol. The minimum atomic E-state index is -1.33. The van der Waals surface area contributed by atoms with Crippen molar-refractivity contribution in [2.24, 2.45) is 11.5 Å². The molecule has 0 radical (unpaired) electrons. The number of hydrogen-bond acceptors (Lipinski definition) is 8. The first-order valence-corrected chi connectivity index (χ1v) is 6.11. The van der Waals surface area contributed by atoms with Gasteiger partial charge < -0.3 is 31.3 Å². The Morgan fingerprint density at radius 3 is 1.50 bits per heavy atom. The van der Waals surface area contributed by atoms with Gasteiger partial charge in [0.1, 0.15) is 0 Å². The van der Waals surface area contributed by atoms with Crippen LogP contribution in [0.3, 0.4) is 0 Å². The zero-order chi connectivity index (χ0) is 11.1. The van der Waals surface area contributed by atoms with E-state index < -0.39 is 24.0 Å². The standard InChI is InChI=1S/C6H12N2O4S2/c7-3(5(9)10)1-13-14-2-4(8)6(11)12/h3-4H,1-2,7-8H2,(H,9,10)(H,11,12)/p-2/t3-,4-/m0/s1. The zero-order valence-corrected chi connectivity index (χ0v) is 8.81. The minimum Gasteiger partial charge on any atom is -0.548 e. The van der Waals surface area contributed by atoms with Crippen molar-refractivity contribution in [2.45, 2.75) is 12.1 Å². The summed E-state index contributed by atoms with van der Waals surface area (Å²) in [5.41, 5.74) is 10.3. The summed E-state index contributed by atoms with van der Waals surface area (Å²) in [5.74, 6) is -2.37. The van der Waals surface area contributed by atoms with E-state index in [2.05, 4.69) is 0 Å². The normalized spacial score (nSPS) is 14.7. The van der Waals surface area contributed by atoms with Gasteiger partial charge in [-0.3, -0.25) is 0 Å². The van der Waals surface area contributed by atoms with Gasteiger partial charge in [-0.05, 0) is 0 Å². The Kier molecular flexibility index (Phi) is 6.71. The maximum absolute atomic E-state index is 10.1. The number of hydrogen-bond donors (Lipinski definition) is 2. The minimum absolute atomic E-state index is 0.146. The number of carboxylic acids is 2. The van der Waals surface area contributed by atoms with Crippen LogP contribution in [-0.4, -0.2) is 35.5 Å². The molecule has 0 amide bonds. The predicted molar refractivity (Wildman–Crippen MR) is 50.9 cm³/mol. The Morgan fingerprint density at radius 1 is 1.00 bits per heavy atom. The second kappa shape index (κ2) is 6.93. The Bertz CT molecular complexity index is 192. The van der Waals surface area contributed by atoms with Gasteiger partial charge in [0.2, 0.25) is 0 Å². The molecule has 0 aromatic heterocycles. The molecular formula is C6H10N2O4S2-2. The fourth-order valence-corrected chi connectivity index (χ4v) is 2.59. The van der Waals surface area contributed by atoms with Crippen LogP contribution in [0.15, 0.2) is 0 Å². The molecule has 82 valence electrons. The average Bonchev–Trinajstić information content (AvgIpc) is 2.11. The van der Waals surface area contributed by atoms with E-state index in [1.807, 2.05) is 0 Å². The lowest BCUT2D eigenvalue weighted by Crippen LogP contribution is -2.44. The van der Waals surface area contributed by atoms with Crippen LogP contribution in [0.5, 0.6) is 0 Å². The molecule has 0 spiro atoms. The molecule has 6 nitrogen and oxygen atoms in total. The van der Waals surface area contributed by atoms with Crippen LogP contribution in [0, 0.1) is 0 Å². The fourth-order valence-electron chi connectivity index (χ4n) is 0.379. The molecule has 0 rings (SSSR count). The Morgan fingerprint density at radius 2 is 1.29 bits per heavy atom. The van der Waals surface area contributed by atoms with Gasteiger partial charge in [-0.2, -0.15) is 0 Å². The first kappa shape index (κ1) is 13.6. The first-order chi connectivity index (χ1) is 6.45. The van der Waals surface area contributed by atoms with Gasteiger partial charge in [0.25, 0.3) is 0 Å². The third-order valence-electron chi connectivity index (χ3n) is 1.18. The van der Waals surface area contributed by atoms with Crippen LogP contribution in [0.2, 0.25) is 0 Å². The first-order valence-electron chi connectivity index (χ1n) is 3.62. The zero-order valence-electron chi connectivity index (χ0n) is 7.17. The molecule has 0 saturated heterocycles. The Hall–Kier alpha value is -0.440. The van der Waals surface area contributed by atoms with Crippen molar-refractivity contribution < 1.29 is 19.8 Å². The second-order valence-electron chi connectivity index (χ2n) is 2.42. The molecule has 0 aromatic rings. The third-order valence-corrected chi connectivity index (χ3v) is 3.66. The van der Waals surface area contributed by atoms with Crippen LogP contribution in [0.1, 0.15) is 0 Å². The molecule has 4 N–H and O–H groups in total. The summed E-state index contributed by atoms with van der Waals surface area (Å²) in [6.07, 6.45) is 0. The van der Waals surface area contributed by atoms with E-state index in [4.69, 9.17) is 11.5 Å². The summed E-state index contributed by atoms with van der Waals surface area (Å²) >= 11 is 0. The van der Waals surface area contributed by atoms with Crippen molar-refractivity contribution in [2.75, 3.05) is 11.5 Å². The van der Waals surface area contributed by atoms with Gasteiger partial charge in [-0.25, -0.2) is 0 Å². The van der Waals surface area contributed by atoms with Crippen molar-refractivity contribution in [3.05, 3.63) is 0 Å². The molecule has 2 atom stereocenters. The lowest BCUT2D eigenvalue weighted by Gasteiger charge is -2.13. The summed E-state index contributed by atoms with van der Waals surface area (Å²) in [6.45, 7) is 0. The van der Waals surface area contributed by atoms with E-state index in [9.17, 15) is 19.8 Å². The summed E-state index contributed by atoms with van der Waals surface area (Å²) < 4.78 is 0. The van der Waals surface area contributed by atoms with E-state index in [0.29, 0.717) is 0 Å². The molecule has 0 aliphatic rings.